The number of amides is 1. The lowest BCUT2D eigenvalue weighted by Gasteiger charge is -2.11. The molecule has 0 bridgehead atoms. The maximum Gasteiger partial charge on any atom is 0.291 e. The summed E-state index contributed by atoms with van der Waals surface area (Å²) in [6.07, 6.45) is 3.32. The Hall–Kier alpha value is -1.04. The zero-order chi connectivity index (χ0) is 12.3. The van der Waals surface area contributed by atoms with E-state index in [0.29, 0.717) is 11.1 Å². The van der Waals surface area contributed by atoms with Crippen LogP contribution in [0.4, 0.5) is 0 Å². The van der Waals surface area contributed by atoms with E-state index >= 15 is 0 Å². The third kappa shape index (κ3) is 3.21. The van der Waals surface area contributed by atoms with Gasteiger partial charge in [0.2, 0.25) is 5.82 Å². The lowest BCUT2D eigenvalue weighted by atomic mass is 10.2. The Morgan fingerprint density at radius 1 is 1.59 bits per heavy atom. The van der Waals surface area contributed by atoms with Crippen molar-refractivity contribution in [1.29, 1.82) is 0 Å². The van der Waals surface area contributed by atoms with Crippen molar-refractivity contribution in [2.75, 3.05) is 5.75 Å². The number of nitrogens with one attached hydrogen (secondary N) is 2. The van der Waals surface area contributed by atoms with Gasteiger partial charge in [-0.1, -0.05) is 6.92 Å². The van der Waals surface area contributed by atoms with E-state index in [1.807, 2.05) is 11.8 Å². The van der Waals surface area contributed by atoms with Gasteiger partial charge in [-0.05, 0) is 31.9 Å². The number of carbonyl (C=O) groups excluding carboxylic acids is 1. The van der Waals surface area contributed by atoms with Gasteiger partial charge in [-0.3, -0.25) is 9.89 Å². The fourth-order valence-electron chi connectivity index (χ4n) is 2.15. The van der Waals surface area contributed by atoms with Crippen LogP contribution >= 0.6 is 11.8 Å². The largest absolute Gasteiger partial charge is 0.346 e. The Labute approximate surface area is 105 Å². The number of aryl methyl sites for hydroxylation is 1. The second-order valence-corrected chi connectivity index (χ2v) is 5.88. The van der Waals surface area contributed by atoms with Gasteiger partial charge in [0, 0.05) is 11.3 Å². The minimum Gasteiger partial charge on any atom is -0.346 e. The summed E-state index contributed by atoms with van der Waals surface area (Å²) in [6.45, 7) is 3.96. The van der Waals surface area contributed by atoms with Gasteiger partial charge in [-0.2, -0.15) is 11.8 Å². The SMILES string of the molecule is CCSC1CCC(NC(=O)c2n[nH]c(C)n2)C1. The molecular weight excluding hydrogens is 236 g/mol. The minimum absolute atomic E-state index is 0.165. The molecule has 5 nitrogen and oxygen atoms in total. The number of H-pyrrole nitrogens is 1. The minimum atomic E-state index is -0.165. The smallest absolute Gasteiger partial charge is 0.291 e. The van der Waals surface area contributed by atoms with Crippen LogP contribution in [0.1, 0.15) is 42.6 Å². The molecule has 1 saturated carbocycles. The van der Waals surface area contributed by atoms with Crippen molar-refractivity contribution in [3.8, 4) is 0 Å². The van der Waals surface area contributed by atoms with E-state index in [9.17, 15) is 4.79 Å². The second-order valence-electron chi connectivity index (χ2n) is 4.31. The van der Waals surface area contributed by atoms with Crippen LogP contribution in [0.15, 0.2) is 0 Å². The first-order chi connectivity index (χ1) is 8.19. The van der Waals surface area contributed by atoms with Crippen LogP contribution < -0.4 is 5.32 Å². The summed E-state index contributed by atoms with van der Waals surface area (Å²) in [5, 5.41) is 10.2. The summed E-state index contributed by atoms with van der Waals surface area (Å²) in [4.78, 5) is 15.8. The number of aromatic amines is 1. The van der Waals surface area contributed by atoms with Crippen molar-refractivity contribution in [3.05, 3.63) is 11.6 Å². The lowest BCUT2D eigenvalue weighted by molar-refractivity contribution is 0.0928. The standard InChI is InChI=1S/C11H18N4OS/c1-3-17-9-5-4-8(6-9)13-11(16)10-12-7(2)14-15-10/h8-9H,3-6H2,1-2H3,(H,13,16)(H,12,14,15). The zero-order valence-electron chi connectivity index (χ0n) is 10.2. The second kappa shape index (κ2) is 5.53. The van der Waals surface area contributed by atoms with Crippen LogP contribution in [0.3, 0.4) is 0 Å². The molecule has 0 spiro atoms. The number of rotatable bonds is 4. The molecule has 0 aromatic carbocycles. The Morgan fingerprint density at radius 2 is 2.41 bits per heavy atom. The van der Waals surface area contributed by atoms with Crippen LogP contribution in [0.25, 0.3) is 0 Å². The van der Waals surface area contributed by atoms with Gasteiger partial charge in [-0.15, -0.1) is 5.10 Å². The molecule has 2 N–H and O–H groups in total. The average molecular weight is 254 g/mol. The molecule has 17 heavy (non-hydrogen) atoms. The van der Waals surface area contributed by atoms with Gasteiger partial charge in [0.05, 0.1) is 0 Å². The fourth-order valence-corrected chi connectivity index (χ4v) is 3.30. The van der Waals surface area contributed by atoms with Crippen molar-refractivity contribution >= 4 is 17.7 Å². The van der Waals surface area contributed by atoms with E-state index in [-0.39, 0.29) is 17.8 Å². The predicted molar refractivity (Wildman–Crippen MR) is 68.1 cm³/mol. The Morgan fingerprint density at radius 3 is 3.06 bits per heavy atom. The molecule has 1 amide bonds. The first kappa shape index (κ1) is 12.4. The van der Waals surface area contributed by atoms with E-state index in [2.05, 4.69) is 27.4 Å². The molecule has 2 rings (SSSR count). The molecule has 1 aromatic heterocycles. The third-order valence-corrected chi connectivity index (χ3v) is 4.16. The van der Waals surface area contributed by atoms with Gasteiger partial charge in [0.1, 0.15) is 5.82 Å². The van der Waals surface area contributed by atoms with Crippen molar-refractivity contribution in [1.82, 2.24) is 20.5 Å². The average Bonchev–Trinajstić information content (AvgIpc) is 2.88. The summed E-state index contributed by atoms with van der Waals surface area (Å²) in [6, 6.07) is 0.283. The lowest BCUT2D eigenvalue weighted by Crippen LogP contribution is -2.33. The maximum atomic E-state index is 11.8. The highest BCUT2D eigenvalue weighted by molar-refractivity contribution is 7.99. The highest BCUT2D eigenvalue weighted by Gasteiger charge is 2.26. The number of hydrogen-bond donors (Lipinski definition) is 2. The molecule has 0 saturated heterocycles. The Kier molecular flexibility index (Phi) is 4.04. The van der Waals surface area contributed by atoms with Crippen LogP contribution in [0, 0.1) is 6.92 Å². The molecule has 0 radical (unpaired) electrons. The number of thioether (sulfide) groups is 1. The van der Waals surface area contributed by atoms with Crippen LogP contribution in [0.2, 0.25) is 0 Å². The highest BCUT2D eigenvalue weighted by Crippen LogP contribution is 2.29. The molecule has 2 atom stereocenters. The van der Waals surface area contributed by atoms with E-state index < -0.39 is 0 Å². The van der Waals surface area contributed by atoms with Crippen molar-refractivity contribution in [2.45, 2.75) is 44.4 Å². The molecule has 94 valence electrons. The molecule has 1 heterocycles. The highest BCUT2D eigenvalue weighted by atomic mass is 32.2. The number of nitrogens with zero attached hydrogens (tertiary/aromatic N) is 2. The molecule has 0 aliphatic heterocycles. The van der Waals surface area contributed by atoms with Crippen molar-refractivity contribution in [2.24, 2.45) is 0 Å². The van der Waals surface area contributed by atoms with Gasteiger partial charge in [0.25, 0.3) is 5.91 Å². The third-order valence-electron chi connectivity index (χ3n) is 2.92. The summed E-state index contributed by atoms with van der Waals surface area (Å²) in [7, 11) is 0. The molecule has 1 aliphatic rings. The normalized spacial score (nSPS) is 23.9. The number of carbonyl (C=O) groups is 1. The van der Waals surface area contributed by atoms with Gasteiger partial charge in [-0.25, -0.2) is 4.98 Å². The van der Waals surface area contributed by atoms with Gasteiger partial charge >= 0.3 is 0 Å². The van der Waals surface area contributed by atoms with Crippen LogP contribution in [-0.2, 0) is 0 Å². The molecular formula is C11H18N4OS. The Bertz CT molecular complexity index is 393. The predicted octanol–water partition coefficient (Wildman–Crippen LogP) is 1.52. The number of aromatic nitrogens is 3. The van der Waals surface area contributed by atoms with Gasteiger partial charge in [0.15, 0.2) is 0 Å². The summed E-state index contributed by atoms with van der Waals surface area (Å²) in [5.41, 5.74) is 0. The number of hydrogen-bond acceptors (Lipinski definition) is 4. The first-order valence-electron chi connectivity index (χ1n) is 6.00. The zero-order valence-corrected chi connectivity index (χ0v) is 11.0. The van der Waals surface area contributed by atoms with E-state index in [1.165, 1.54) is 6.42 Å². The summed E-state index contributed by atoms with van der Waals surface area (Å²) >= 11 is 1.98. The van der Waals surface area contributed by atoms with Gasteiger partial charge < -0.3 is 5.32 Å². The Balaban J connectivity index is 1.84. The van der Waals surface area contributed by atoms with E-state index in [0.717, 1.165) is 18.6 Å². The van der Waals surface area contributed by atoms with E-state index in [4.69, 9.17) is 0 Å². The van der Waals surface area contributed by atoms with Crippen LogP contribution in [-0.4, -0.2) is 38.1 Å². The monoisotopic (exact) mass is 254 g/mol. The van der Waals surface area contributed by atoms with Crippen molar-refractivity contribution < 1.29 is 4.79 Å². The summed E-state index contributed by atoms with van der Waals surface area (Å²) < 4.78 is 0. The molecule has 6 heteroatoms. The molecule has 1 fully saturated rings. The molecule has 1 aromatic rings. The quantitative estimate of drug-likeness (QED) is 0.854. The first-order valence-corrected chi connectivity index (χ1v) is 7.05. The molecule has 1 aliphatic carbocycles. The van der Waals surface area contributed by atoms with Crippen molar-refractivity contribution in [3.63, 3.8) is 0 Å². The molecule has 2 unspecified atom stereocenters. The summed E-state index contributed by atoms with van der Waals surface area (Å²) in [5.74, 6) is 1.89. The maximum absolute atomic E-state index is 11.8. The topological polar surface area (TPSA) is 70.7 Å². The fraction of sp³-hybridized carbons (Fsp3) is 0.727. The van der Waals surface area contributed by atoms with E-state index in [1.54, 1.807) is 6.92 Å². The van der Waals surface area contributed by atoms with Crippen LogP contribution in [0.5, 0.6) is 0 Å².